The van der Waals surface area contributed by atoms with E-state index >= 15 is 0 Å². The molecule has 0 radical (unpaired) electrons. The highest BCUT2D eigenvalue weighted by molar-refractivity contribution is 5.59. The Balaban J connectivity index is 1.62. The smallest absolute Gasteiger partial charge is 0.151 e. The summed E-state index contributed by atoms with van der Waals surface area (Å²) in [5, 5.41) is 16.6. The van der Waals surface area contributed by atoms with Gasteiger partial charge in [0.1, 0.15) is 5.69 Å². The monoisotopic (exact) mass is 284 g/mol. The summed E-state index contributed by atoms with van der Waals surface area (Å²) in [6, 6.07) is 4.74. The zero-order chi connectivity index (χ0) is 14.4. The molecule has 0 saturated carbocycles. The van der Waals surface area contributed by atoms with Crippen LogP contribution >= 0.6 is 0 Å². The van der Waals surface area contributed by atoms with Crippen molar-refractivity contribution in [1.29, 1.82) is 0 Å². The summed E-state index contributed by atoms with van der Waals surface area (Å²) in [5.74, 6) is 1.76. The van der Waals surface area contributed by atoms with Crippen molar-refractivity contribution in [2.45, 2.75) is 19.4 Å². The summed E-state index contributed by atoms with van der Waals surface area (Å²) in [6.45, 7) is 5.35. The Hall–Kier alpha value is -1.95. The number of aromatic nitrogens is 4. The Morgan fingerprint density at radius 3 is 2.86 bits per heavy atom. The first-order valence-corrected chi connectivity index (χ1v) is 7.54. The van der Waals surface area contributed by atoms with Crippen LogP contribution < -0.4 is 10.2 Å². The molecule has 2 aromatic rings. The number of anilines is 1. The van der Waals surface area contributed by atoms with Gasteiger partial charge in [0.15, 0.2) is 5.82 Å². The van der Waals surface area contributed by atoms with Crippen LogP contribution in [0.25, 0.3) is 11.4 Å². The Morgan fingerprint density at radius 1 is 1.24 bits per heavy atom. The van der Waals surface area contributed by atoms with Gasteiger partial charge in [-0.05, 0) is 37.0 Å². The molecule has 0 aliphatic carbocycles. The lowest BCUT2D eigenvalue weighted by molar-refractivity contribution is 0.577. The zero-order valence-electron chi connectivity index (χ0n) is 12.5. The van der Waals surface area contributed by atoms with E-state index in [2.05, 4.69) is 37.6 Å². The van der Waals surface area contributed by atoms with Gasteiger partial charge in [-0.3, -0.25) is 4.68 Å². The minimum Gasteiger partial charge on any atom is -0.351 e. The van der Waals surface area contributed by atoms with Crippen molar-refractivity contribution < 1.29 is 0 Å². The third-order valence-electron chi connectivity index (χ3n) is 4.75. The SMILES string of the molecule is Cc1cnn(C)c1-c1ccc(N2CCC3CNCC32)nn1. The zero-order valence-corrected chi connectivity index (χ0v) is 12.5. The third-order valence-corrected chi connectivity index (χ3v) is 4.75. The molecule has 2 unspecified atom stereocenters. The predicted octanol–water partition coefficient (Wildman–Crippen LogP) is 0.984. The number of rotatable bonds is 2. The van der Waals surface area contributed by atoms with Crippen molar-refractivity contribution in [3.8, 4) is 11.4 Å². The molecule has 4 rings (SSSR count). The van der Waals surface area contributed by atoms with Crippen molar-refractivity contribution in [2.75, 3.05) is 24.5 Å². The van der Waals surface area contributed by atoms with E-state index in [1.165, 1.54) is 6.42 Å². The summed E-state index contributed by atoms with van der Waals surface area (Å²) in [6.07, 6.45) is 3.11. The molecule has 110 valence electrons. The molecule has 21 heavy (non-hydrogen) atoms. The number of fused-ring (bicyclic) bond motifs is 1. The van der Waals surface area contributed by atoms with Crippen LogP contribution in [0.15, 0.2) is 18.3 Å². The highest BCUT2D eigenvalue weighted by Gasteiger charge is 2.38. The number of hydrogen-bond donors (Lipinski definition) is 1. The van der Waals surface area contributed by atoms with Crippen LogP contribution in [0.5, 0.6) is 0 Å². The topological polar surface area (TPSA) is 58.9 Å². The van der Waals surface area contributed by atoms with Crippen molar-refractivity contribution >= 4 is 5.82 Å². The molecule has 0 spiro atoms. The van der Waals surface area contributed by atoms with Crippen LogP contribution in [0.2, 0.25) is 0 Å². The van der Waals surface area contributed by atoms with Gasteiger partial charge in [-0.1, -0.05) is 0 Å². The summed E-state index contributed by atoms with van der Waals surface area (Å²) < 4.78 is 1.85. The molecule has 2 atom stereocenters. The van der Waals surface area contributed by atoms with E-state index in [9.17, 15) is 0 Å². The molecule has 2 saturated heterocycles. The van der Waals surface area contributed by atoms with Crippen molar-refractivity contribution in [1.82, 2.24) is 25.3 Å². The van der Waals surface area contributed by atoms with E-state index < -0.39 is 0 Å². The Bertz CT molecular complexity index is 627. The quantitative estimate of drug-likeness (QED) is 0.891. The maximum absolute atomic E-state index is 4.47. The summed E-state index contributed by atoms with van der Waals surface area (Å²) in [5.41, 5.74) is 3.05. The lowest BCUT2D eigenvalue weighted by Crippen LogP contribution is -2.34. The molecule has 6 heteroatoms. The highest BCUT2D eigenvalue weighted by Crippen LogP contribution is 2.31. The Morgan fingerprint density at radius 2 is 2.14 bits per heavy atom. The molecule has 2 aliphatic heterocycles. The van der Waals surface area contributed by atoms with Crippen LogP contribution in [0.3, 0.4) is 0 Å². The lowest BCUT2D eigenvalue weighted by atomic mass is 10.1. The molecule has 2 fully saturated rings. The molecule has 1 N–H and O–H groups in total. The van der Waals surface area contributed by atoms with Crippen LogP contribution in [-0.4, -0.2) is 45.7 Å². The first-order chi connectivity index (χ1) is 10.2. The largest absolute Gasteiger partial charge is 0.351 e. The normalized spacial score (nSPS) is 24.6. The van der Waals surface area contributed by atoms with Gasteiger partial charge in [-0.2, -0.15) is 5.10 Å². The molecule has 0 aromatic carbocycles. The molecular formula is C15H20N6. The maximum atomic E-state index is 4.47. The fourth-order valence-electron chi connectivity index (χ4n) is 3.65. The van der Waals surface area contributed by atoms with E-state index in [-0.39, 0.29) is 0 Å². The van der Waals surface area contributed by atoms with Crippen molar-refractivity contribution in [3.05, 3.63) is 23.9 Å². The summed E-state index contributed by atoms with van der Waals surface area (Å²) >= 11 is 0. The van der Waals surface area contributed by atoms with Crippen LogP contribution in [0.1, 0.15) is 12.0 Å². The maximum Gasteiger partial charge on any atom is 0.151 e. The first-order valence-electron chi connectivity index (χ1n) is 7.54. The van der Waals surface area contributed by atoms with Gasteiger partial charge >= 0.3 is 0 Å². The Labute approximate surface area is 124 Å². The van der Waals surface area contributed by atoms with Crippen molar-refractivity contribution in [3.63, 3.8) is 0 Å². The fraction of sp³-hybridized carbons (Fsp3) is 0.533. The van der Waals surface area contributed by atoms with Crippen molar-refractivity contribution in [2.24, 2.45) is 13.0 Å². The third kappa shape index (κ3) is 2.01. The molecule has 2 aromatic heterocycles. The van der Waals surface area contributed by atoms with Gasteiger partial charge in [0, 0.05) is 32.7 Å². The number of hydrogen-bond acceptors (Lipinski definition) is 5. The highest BCUT2D eigenvalue weighted by atomic mass is 15.3. The van der Waals surface area contributed by atoms with Gasteiger partial charge in [-0.15, -0.1) is 10.2 Å². The van der Waals surface area contributed by atoms with E-state index in [1.807, 2.05) is 24.9 Å². The van der Waals surface area contributed by atoms with Crippen LogP contribution in [-0.2, 0) is 7.05 Å². The van der Waals surface area contributed by atoms with Crippen LogP contribution in [0.4, 0.5) is 5.82 Å². The molecule has 6 nitrogen and oxygen atoms in total. The van der Waals surface area contributed by atoms with Crippen LogP contribution in [0, 0.1) is 12.8 Å². The van der Waals surface area contributed by atoms with E-state index in [4.69, 9.17) is 0 Å². The molecule has 0 bridgehead atoms. The number of nitrogens with zero attached hydrogens (tertiary/aromatic N) is 5. The number of nitrogens with one attached hydrogen (secondary N) is 1. The number of aryl methyl sites for hydroxylation is 2. The van der Waals surface area contributed by atoms with Gasteiger partial charge < -0.3 is 10.2 Å². The minimum absolute atomic E-state index is 0.587. The molecule has 0 amide bonds. The van der Waals surface area contributed by atoms with Gasteiger partial charge in [0.05, 0.1) is 11.9 Å². The molecule has 4 heterocycles. The van der Waals surface area contributed by atoms with E-state index in [0.29, 0.717) is 6.04 Å². The first kappa shape index (κ1) is 12.8. The van der Waals surface area contributed by atoms with Gasteiger partial charge in [0.2, 0.25) is 0 Å². The van der Waals surface area contributed by atoms with Gasteiger partial charge in [-0.25, -0.2) is 0 Å². The average molecular weight is 284 g/mol. The predicted molar refractivity (Wildman–Crippen MR) is 81.1 cm³/mol. The molecular weight excluding hydrogens is 264 g/mol. The Kier molecular flexibility index (Phi) is 2.92. The summed E-state index contributed by atoms with van der Waals surface area (Å²) in [4.78, 5) is 2.40. The second-order valence-electron chi connectivity index (χ2n) is 6.04. The second kappa shape index (κ2) is 4.80. The van der Waals surface area contributed by atoms with E-state index in [1.54, 1.807) is 0 Å². The lowest BCUT2D eigenvalue weighted by Gasteiger charge is -2.23. The second-order valence-corrected chi connectivity index (χ2v) is 6.04. The minimum atomic E-state index is 0.587. The average Bonchev–Trinajstić information content (AvgIpc) is 3.16. The fourth-order valence-corrected chi connectivity index (χ4v) is 3.65. The van der Waals surface area contributed by atoms with E-state index in [0.717, 1.165) is 48.3 Å². The van der Waals surface area contributed by atoms with Gasteiger partial charge in [0.25, 0.3) is 0 Å². The standard InChI is InChI=1S/C15H20N6/c1-10-7-17-20(2)15(10)12-3-4-14(19-18-12)21-6-5-11-8-16-9-13(11)21/h3-4,7,11,13,16H,5-6,8-9H2,1-2H3. The summed E-state index contributed by atoms with van der Waals surface area (Å²) in [7, 11) is 1.94. The molecule has 2 aliphatic rings.